The largest absolute Gasteiger partial charge is 0.491 e. The molecule has 0 saturated heterocycles. The Morgan fingerprint density at radius 3 is 2.47 bits per heavy atom. The molecule has 0 bridgehead atoms. The first-order valence-corrected chi connectivity index (χ1v) is 7.28. The molecule has 0 spiro atoms. The summed E-state index contributed by atoms with van der Waals surface area (Å²) in [7, 11) is 0. The van der Waals surface area contributed by atoms with Crippen molar-refractivity contribution in [2.45, 2.75) is 44.6 Å². The molecule has 1 unspecified atom stereocenters. The van der Waals surface area contributed by atoms with Crippen molar-refractivity contribution in [1.29, 1.82) is 0 Å². The van der Waals surface area contributed by atoms with Gasteiger partial charge in [-0.3, -0.25) is 0 Å². The molecule has 1 aromatic rings. The van der Waals surface area contributed by atoms with Gasteiger partial charge in [0.25, 0.3) is 0 Å². The zero-order valence-corrected chi connectivity index (χ0v) is 11.4. The van der Waals surface area contributed by atoms with Crippen LogP contribution in [0.15, 0.2) is 24.3 Å². The third kappa shape index (κ3) is 4.84. The highest BCUT2D eigenvalue weighted by atomic mass is 16.5. The Labute approximate surface area is 115 Å². The smallest absolute Gasteiger partial charge is 0.119 e. The second-order valence-corrected chi connectivity index (χ2v) is 5.47. The molecule has 3 heteroatoms. The fraction of sp³-hybridized carbons (Fsp3) is 0.625. The van der Waals surface area contributed by atoms with Crippen LogP contribution in [0.3, 0.4) is 0 Å². The number of hydrogen-bond donors (Lipinski definition) is 2. The van der Waals surface area contributed by atoms with Crippen molar-refractivity contribution in [3.8, 4) is 5.75 Å². The van der Waals surface area contributed by atoms with Crippen molar-refractivity contribution in [3.05, 3.63) is 29.8 Å². The summed E-state index contributed by atoms with van der Waals surface area (Å²) in [5.74, 6) is 1.47. The second-order valence-electron chi connectivity index (χ2n) is 5.47. The Balaban J connectivity index is 1.71. The topological polar surface area (TPSA) is 49.7 Å². The minimum Gasteiger partial charge on any atom is -0.491 e. The molecule has 3 nitrogen and oxygen atoms in total. The lowest BCUT2D eigenvalue weighted by Gasteiger charge is -2.16. The van der Waals surface area contributed by atoms with Gasteiger partial charge < -0.3 is 14.9 Å². The Morgan fingerprint density at radius 2 is 1.84 bits per heavy atom. The number of benzene rings is 1. The fourth-order valence-corrected chi connectivity index (χ4v) is 2.77. The summed E-state index contributed by atoms with van der Waals surface area (Å²) in [6, 6.07) is 7.70. The molecule has 0 radical (unpaired) electrons. The van der Waals surface area contributed by atoms with Crippen LogP contribution in [-0.4, -0.2) is 29.5 Å². The number of aliphatic hydroxyl groups is 2. The maximum Gasteiger partial charge on any atom is 0.119 e. The van der Waals surface area contributed by atoms with Gasteiger partial charge in [0.15, 0.2) is 0 Å². The van der Waals surface area contributed by atoms with E-state index in [1.807, 2.05) is 24.3 Å². The average Bonchev–Trinajstić information content (AvgIpc) is 2.91. The van der Waals surface area contributed by atoms with Crippen molar-refractivity contribution in [3.63, 3.8) is 0 Å². The highest BCUT2D eigenvalue weighted by Gasteiger charge is 2.19. The van der Waals surface area contributed by atoms with E-state index in [4.69, 9.17) is 9.84 Å². The molecular weight excluding hydrogens is 240 g/mol. The van der Waals surface area contributed by atoms with Gasteiger partial charge in [-0.1, -0.05) is 37.8 Å². The van der Waals surface area contributed by atoms with Gasteiger partial charge in [0.2, 0.25) is 0 Å². The zero-order valence-electron chi connectivity index (χ0n) is 11.4. The van der Waals surface area contributed by atoms with Crippen LogP contribution >= 0.6 is 0 Å². The van der Waals surface area contributed by atoms with E-state index in [1.54, 1.807) is 0 Å². The van der Waals surface area contributed by atoms with Gasteiger partial charge in [0.1, 0.15) is 12.4 Å². The van der Waals surface area contributed by atoms with Crippen molar-refractivity contribution < 1.29 is 14.9 Å². The summed E-state index contributed by atoms with van der Waals surface area (Å²) in [4.78, 5) is 0. The molecule has 1 atom stereocenters. The molecule has 1 saturated carbocycles. The van der Waals surface area contributed by atoms with E-state index in [2.05, 4.69) is 0 Å². The lowest BCUT2D eigenvalue weighted by molar-refractivity contribution is 0.0855. The van der Waals surface area contributed by atoms with Crippen molar-refractivity contribution >= 4 is 0 Å². The third-order valence-electron chi connectivity index (χ3n) is 3.85. The van der Waals surface area contributed by atoms with Gasteiger partial charge in [-0.15, -0.1) is 0 Å². The normalized spacial score (nSPS) is 17.6. The molecule has 1 aliphatic rings. The number of hydrogen-bond acceptors (Lipinski definition) is 3. The van der Waals surface area contributed by atoms with E-state index in [-0.39, 0.29) is 12.7 Å². The summed E-state index contributed by atoms with van der Waals surface area (Å²) in [6.07, 6.45) is 6.31. The van der Waals surface area contributed by atoms with Crippen LogP contribution in [0.2, 0.25) is 0 Å². The van der Waals surface area contributed by atoms with Gasteiger partial charge in [0, 0.05) is 6.61 Å². The number of aliphatic hydroxyl groups excluding tert-OH is 2. The standard InChI is InChI=1S/C16H24O3/c17-10-9-13-5-7-16(8-6-13)19-12-15(18)11-14-3-1-2-4-14/h5-8,14-15,17-18H,1-4,9-12H2. The minimum absolute atomic E-state index is 0.167. The Bertz CT molecular complexity index is 355. The van der Waals surface area contributed by atoms with Crippen LogP contribution in [0, 0.1) is 5.92 Å². The van der Waals surface area contributed by atoms with E-state index in [0.717, 1.165) is 17.7 Å². The SMILES string of the molecule is OCCc1ccc(OCC(O)CC2CCCC2)cc1. The highest BCUT2D eigenvalue weighted by molar-refractivity contribution is 5.27. The maximum atomic E-state index is 9.95. The molecule has 2 N–H and O–H groups in total. The summed E-state index contributed by atoms with van der Waals surface area (Å²) in [5, 5.41) is 18.8. The van der Waals surface area contributed by atoms with Crippen LogP contribution in [0.1, 0.15) is 37.7 Å². The fourth-order valence-electron chi connectivity index (χ4n) is 2.77. The third-order valence-corrected chi connectivity index (χ3v) is 3.85. The molecule has 1 aliphatic carbocycles. The van der Waals surface area contributed by atoms with E-state index in [9.17, 15) is 5.11 Å². The molecule has 0 aliphatic heterocycles. The van der Waals surface area contributed by atoms with Gasteiger partial charge in [-0.25, -0.2) is 0 Å². The van der Waals surface area contributed by atoms with Gasteiger partial charge in [0.05, 0.1) is 6.10 Å². The summed E-state index contributed by atoms with van der Waals surface area (Å²) >= 11 is 0. The summed E-state index contributed by atoms with van der Waals surface area (Å²) in [5.41, 5.74) is 1.10. The van der Waals surface area contributed by atoms with Crippen LogP contribution in [0.5, 0.6) is 5.75 Å². The number of rotatable bonds is 7. The van der Waals surface area contributed by atoms with Crippen molar-refractivity contribution in [1.82, 2.24) is 0 Å². The Kier molecular flexibility index (Phi) is 5.67. The quantitative estimate of drug-likeness (QED) is 0.795. The Morgan fingerprint density at radius 1 is 1.16 bits per heavy atom. The van der Waals surface area contributed by atoms with Crippen molar-refractivity contribution in [2.24, 2.45) is 5.92 Å². The van der Waals surface area contributed by atoms with E-state index in [0.29, 0.717) is 18.9 Å². The van der Waals surface area contributed by atoms with Crippen LogP contribution in [-0.2, 0) is 6.42 Å². The predicted octanol–water partition coefficient (Wildman–Crippen LogP) is 2.54. The monoisotopic (exact) mass is 264 g/mol. The van der Waals surface area contributed by atoms with Crippen LogP contribution in [0.25, 0.3) is 0 Å². The van der Waals surface area contributed by atoms with E-state index >= 15 is 0 Å². The molecule has 1 aromatic carbocycles. The number of ether oxygens (including phenoxy) is 1. The molecule has 0 amide bonds. The molecule has 0 aromatic heterocycles. The lowest BCUT2D eigenvalue weighted by Crippen LogP contribution is -2.20. The molecule has 2 rings (SSSR count). The Hall–Kier alpha value is -1.06. The molecule has 0 heterocycles. The first kappa shape index (κ1) is 14.4. The lowest BCUT2D eigenvalue weighted by atomic mass is 10.0. The molecule has 1 fully saturated rings. The zero-order chi connectivity index (χ0) is 13.5. The second kappa shape index (κ2) is 7.51. The summed E-state index contributed by atoms with van der Waals surface area (Å²) < 4.78 is 5.60. The maximum absolute atomic E-state index is 9.95. The molecular formula is C16H24O3. The summed E-state index contributed by atoms with van der Waals surface area (Å²) in [6.45, 7) is 0.538. The molecule has 106 valence electrons. The predicted molar refractivity (Wildman–Crippen MR) is 75.3 cm³/mol. The van der Waals surface area contributed by atoms with Crippen LogP contribution in [0.4, 0.5) is 0 Å². The first-order chi connectivity index (χ1) is 9.28. The minimum atomic E-state index is -0.361. The average molecular weight is 264 g/mol. The van der Waals surface area contributed by atoms with E-state index < -0.39 is 0 Å². The van der Waals surface area contributed by atoms with Crippen LogP contribution < -0.4 is 4.74 Å². The molecule has 19 heavy (non-hydrogen) atoms. The van der Waals surface area contributed by atoms with Gasteiger partial charge >= 0.3 is 0 Å². The van der Waals surface area contributed by atoms with Gasteiger partial charge in [-0.2, -0.15) is 0 Å². The highest BCUT2D eigenvalue weighted by Crippen LogP contribution is 2.28. The van der Waals surface area contributed by atoms with Crippen molar-refractivity contribution in [2.75, 3.05) is 13.2 Å². The van der Waals surface area contributed by atoms with Gasteiger partial charge in [-0.05, 0) is 36.5 Å². The van der Waals surface area contributed by atoms with E-state index in [1.165, 1.54) is 25.7 Å². The first-order valence-electron chi connectivity index (χ1n) is 7.28.